The lowest BCUT2D eigenvalue weighted by molar-refractivity contribution is -0.159. The number of pyridine rings is 1. The van der Waals surface area contributed by atoms with Crippen LogP contribution in [-0.4, -0.2) is 63.2 Å². The second-order valence-corrected chi connectivity index (χ2v) is 8.54. The molecular formula is C22H20ClNO6. The maximum absolute atomic E-state index is 11.2. The average Bonchev–Trinajstić information content (AvgIpc) is 3.19. The van der Waals surface area contributed by atoms with Gasteiger partial charge in [-0.2, -0.15) is 0 Å². The van der Waals surface area contributed by atoms with E-state index in [9.17, 15) is 10.2 Å². The van der Waals surface area contributed by atoms with Crippen molar-refractivity contribution in [2.75, 3.05) is 6.61 Å². The number of nitrogens with zero attached hydrogens (tertiary/aromatic N) is 1. The van der Waals surface area contributed by atoms with Crippen LogP contribution in [0.15, 0.2) is 30.0 Å². The molecule has 2 aliphatic carbocycles. The summed E-state index contributed by atoms with van der Waals surface area (Å²) in [5.41, 5.74) is -2.08. The van der Waals surface area contributed by atoms with Crippen LogP contribution in [0.1, 0.15) is 20.3 Å². The Morgan fingerprint density at radius 1 is 1.33 bits per heavy atom. The molecule has 6 atom stereocenters. The van der Waals surface area contributed by atoms with Crippen molar-refractivity contribution in [3.63, 3.8) is 0 Å². The van der Waals surface area contributed by atoms with E-state index in [4.69, 9.17) is 30.5 Å². The molecule has 1 aromatic heterocycles. The highest BCUT2D eigenvalue weighted by atomic mass is 35.5. The van der Waals surface area contributed by atoms with Crippen LogP contribution in [0, 0.1) is 23.7 Å². The molecule has 5 rings (SSSR count). The summed E-state index contributed by atoms with van der Waals surface area (Å²) in [4.78, 5) is 3.98. The quantitative estimate of drug-likeness (QED) is 0.424. The van der Waals surface area contributed by atoms with Crippen LogP contribution in [0.2, 0.25) is 5.15 Å². The Bertz CT molecular complexity index is 1050. The van der Waals surface area contributed by atoms with Crippen molar-refractivity contribution in [1.29, 1.82) is 0 Å². The first-order valence-electron chi connectivity index (χ1n) is 9.65. The molecule has 0 radical (unpaired) electrons. The molecule has 0 unspecified atom stereocenters. The lowest BCUT2D eigenvalue weighted by Gasteiger charge is -2.27. The number of aromatic nitrogens is 1. The van der Waals surface area contributed by atoms with E-state index in [0.717, 1.165) is 0 Å². The van der Waals surface area contributed by atoms with E-state index in [-0.39, 0.29) is 18.2 Å². The highest BCUT2D eigenvalue weighted by Crippen LogP contribution is 2.51. The number of halogens is 1. The van der Waals surface area contributed by atoms with E-state index in [1.807, 2.05) is 0 Å². The van der Waals surface area contributed by atoms with Gasteiger partial charge in [0.1, 0.15) is 18.3 Å². The third-order valence-electron chi connectivity index (χ3n) is 5.68. The third-order valence-corrected chi connectivity index (χ3v) is 5.97. The second kappa shape index (κ2) is 6.70. The van der Waals surface area contributed by atoms with Gasteiger partial charge in [-0.05, 0) is 32.1 Å². The Balaban J connectivity index is 1.47. The van der Waals surface area contributed by atoms with Crippen molar-refractivity contribution < 1.29 is 29.2 Å². The summed E-state index contributed by atoms with van der Waals surface area (Å²) in [6, 6.07) is 3.35. The zero-order valence-electron chi connectivity index (χ0n) is 16.4. The number of hydrogen-bond acceptors (Lipinski definition) is 7. The number of epoxide rings is 1. The SMILES string of the molecule is CC1(C)OC[C@H]([C@]2(O)C#CC3=C[C@H](Oc4cccnc4Cl)[C@@H](O)[C@@]34O[C@H]4C#CC2)O1. The topological polar surface area (TPSA) is 93.6 Å². The summed E-state index contributed by atoms with van der Waals surface area (Å²) in [6.07, 6.45) is 0.347. The van der Waals surface area contributed by atoms with Gasteiger partial charge in [-0.15, -0.1) is 0 Å². The van der Waals surface area contributed by atoms with Crippen molar-refractivity contribution >= 4 is 11.6 Å². The molecule has 2 fully saturated rings. The zero-order chi connectivity index (χ0) is 21.1. The fourth-order valence-electron chi connectivity index (χ4n) is 3.97. The van der Waals surface area contributed by atoms with Crippen molar-refractivity contribution in [3.8, 4) is 29.4 Å². The summed E-state index contributed by atoms with van der Waals surface area (Å²) in [6.45, 7) is 3.77. The summed E-state index contributed by atoms with van der Waals surface area (Å²) in [7, 11) is 0. The lowest BCUT2D eigenvalue weighted by atomic mass is 9.92. The Labute approximate surface area is 178 Å². The zero-order valence-corrected chi connectivity index (χ0v) is 17.1. The van der Waals surface area contributed by atoms with E-state index in [2.05, 4.69) is 28.7 Å². The maximum atomic E-state index is 11.2. The summed E-state index contributed by atoms with van der Waals surface area (Å²) >= 11 is 6.08. The normalized spacial score (nSPS) is 40.2. The van der Waals surface area contributed by atoms with E-state index in [0.29, 0.717) is 11.3 Å². The number of ether oxygens (including phenoxy) is 4. The van der Waals surface area contributed by atoms with Gasteiger partial charge >= 0.3 is 0 Å². The molecular weight excluding hydrogens is 410 g/mol. The van der Waals surface area contributed by atoms with Crippen LogP contribution in [0.25, 0.3) is 0 Å². The van der Waals surface area contributed by atoms with E-state index < -0.39 is 41.4 Å². The van der Waals surface area contributed by atoms with E-state index in [1.165, 1.54) is 0 Å². The van der Waals surface area contributed by atoms with Crippen LogP contribution >= 0.6 is 11.6 Å². The van der Waals surface area contributed by atoms with Gasteiger partial charge in [-0.25, -0.2) is 4.98 Å². The predicted octanol–water partition coefficient (Wildman–Crippen LogP) is 1.21. The third kappa shape index (κ3) is 3.11. The summed E-state index contributed by atoms with van der Waals surface area (Å²) in [5.74, 6) is 11.4. The van der Waals surface area contributed by atoms with Gasteiger partial charge in [-0.1, -0.05) is 35.3 Å². The minimum absolute atomic E-state index is 0.0780. The Morgan fingerprint density at radius 2 is 2.17 bits per heavy atom. The highest BCUT2D eigenvalue weighted by molar-refractivity contribution is 6.30. The monoisotopic (exact) mass is 429 g/mol. The minimum Gasteiger partial charge on any atom is -0.480 e. The van der Waals surface area contributed by atoms with Crippen LogP contribution in [-0.2, 0) is 14.2 Å². The van der Waals surface area contributed by atoms with Gasteiger partial charge in [0.2, 0.25) is 0 Å². The molecule has 1 spiro atoms. The summed E-state index contributed by atoms with van der Waals surface area (Å²) in [5, 5.41) is 22.3. The Kier molecular flexibility index (Phi) is 4.43. The maximum Gasteiger partial charge on any atom is 0.171 e. The van der Waals surface area contributed by atoms with Gasteiger partial charge in [0.05, 0.1) is 13.0 Å². The number of aliphatic hydroxyl groups excluding tert-OH is 1. The fourth-order valence-corrected chi connectivity index (χ4v) is 4.14. The molecule has 0 amide bonds. The standard InChI is InChI=1S/C22H20ClNO6/c1-20(2)27-12-17(29-20)21(26)8-3-6-16-22(30-16)13(7-9-21)11-15(18(22)25)28-14-5-4-10-24-19(14)23/h4-5,10-11,15-18,25-26H,8,12H2,1-2H3/t15-,16-,17+,18+,21+,22+/m0/s1. The fraction of sp³-hybridized carbons (Fsp3) is 0.500. The lowest BCUT2D eigenvalue weighted by Crippen LogP contribution is -2.43. The molecule has 3 heterocycles. The number of rotatable bonds is 3. The first kappa shape index (κ1) is 19.8. The largest absolute Gasteiger partial charge is 0.480 e. The Morgan fingerprint density at radius 3 is 2.90 bits per heavy atom. The van der Waals surface area contributed by atoms with Crippen molar-refractivity contribution in [2.24, 2.45) is 0 Å². The molecule has 8 heteroatoms. The van der Waals surface area contributed by atoms with Gasteiger partial charge < -0.3 is 29.2 Å². The van der Waals surface area contributed by atoms with Crippen LogP contribution in [0.4, 0.5) is 0 Å². The number of hydrogen-bond donors (Lipinski definition) is 2. The molecule has 0 aromatic carbocycles. The minimum atomic E-state index is -1.52. The van der Waals surface area contributed by atoms with E-state index >= 15 is 0 Å². The highest BCUT2D eigenvalue weighted by Gasteiger charge is 2.69. The van der Waals surface area contributed by atoms with Crippen molar-refractivity contribution in [3.05, 3.63) is 35.1 Å². The molecule has 0 bridgehead atoms. The van der Waals surface area contributed by atoms with Crippen LogP contribution in [0.3, 0.4) is 0 Å². The first-order chi connectivity index (χ1) is 14.2. The molecule has 2 aliphatic heterocycles. The van der Waals surface area contributed by atoms with Crippen molar-refractivity contribution in [2.45, 2.75) is 61.7 Å². The molecule has 2 N–H and O–H groups in total. The molecule has 30 heavy (non-hydrogen) atoms. The molecule has 2 saturated heterocycles. The molecule has 156 valence electrons. The van der Waals surface area contributed by atoms with Gasteiger partial charge in [0, 0.05) is 11.8 Å². The molecule has 4 aliphatic rings. The molecule has 1 aromatic rings. The van der Waals surface area contributed by atoms with Crippen molar-refractivity contribution in [1.82, 2.24) is 4.98 Å². The van der Waals surface area contributed by atoms with Crippen LogP contribution < -0.4 is 4.74 Å². The predicted molar refractivity (Wildman–Crippen MR) is 105 cm³/mol. The Hall–Kier alpha value is -2.10. The number of aliphatic hydroxyl groups is 2. The molecule has 7 nitrogen and oxygen atoms in total. The van der Waals surface area contributed by atoms with Crippen LogP contribution in [0.5, 0.6) is 5.75 Å². The van der Waals surface area contributed by atoms with Gasteiger partial charge in [0.15, 0.2) is 34.0 Å². The average molecular weight is 430 g/mol. The first-order valence-corrected chi connectivity index (χ1v) is 10.0. The summed E-state index contributed by atoms with van der Waals surface area (Å²) < 4.78 is 23.1. The van der Waals surface area contributed by atoms with E-state index in [1.54, 1.807) is 38.3 Å². The van der Waals surface area contributed by atoms with Gasteiger partial charge in [0.25, 0.3) is 0 Å². The smallest absolute Gasteiger partial charge is 0.171 e. The molecule has 0 saturated carbocycles. The second-order valence-electron chi connectivity index (χ2n) is 8.18. The van der Waals surface area contributed by atoms with Gasteiger partial charge in [-0.3, -0.25) is 0 Å².